The molecule has 0 bridgehead atoms. The molecule has 152 valence electrons. The van der Waals surface area contributed by atoms with Crippen molar-refractivity contribution >= 4 is 29.1 Å². The molecule has 29 heavy (non-hydrogen) atoms. The van der Waals surface area contributed by atoms with E-state index < -0.39 is 5.97 Å². The van der Waals surface area contributed by atoms with Crippen LogP contribution < -0.4 is 5.56 Å². The third kappa shape index (κ3) is 4.94. The Bertz CT molecular complexity index is 1090. The zero-order valence-corrected chi connectivity index (χ0v) is 18.5. The van der Waals surface area contributed by atoms with Crippen molar-refractivity contribution in [3.8, 4) is 0 Å². The highest BCUT2D eigenvalue weighted by Gasteiger charge is 2.16. The van der Waals surface area contributed by atoms with Gasteiger partial charge in [0.15, 0.2) is 10.9 Å². The molecule has 0 fully saturated rings. The summed E-state index contributed by atoms with van der Waals surface area (Å²) in [4.78, 5) is 33.6. The molecule has 0 unspecified atom stereocenters. The van der Waals surface area contributed by atoms with Gasteiger partial charge in [-0.25, -0.2) is 14.8 Å². The number of aromatic nitrogens is 3. The standard InChI is InChI=1S/C21H23N3O3S2/c1-5-27-20(26)17-11-28-18(23-17)12-29-21-22-14(3)16(19(25)24(21)4)10-15-9-7-6-8-13(15)2/h6-9,11H,5,10,12H2,1-4H3. The molecule has 0 saturated heterocycles. The molecule has 0 spiro atoms. The van der Waals surface area contributed by atoms with Crippen LogP contribution in [0.5, 0.6) is 0 Å². The number of ether oxygens (including phenoxy) is 1. The fraction of sp³-hybridized carbons (Fsp3) is 0.333. The number of hydrogen-bond donors (Lipinski definition) is 0. The minimum Gasteiger partial charge on any atom is -0.461 e. The molecule has 0 aliphatic carbocycles. The summed E-state index contributed by atoms with van der Waals surface area (Å²) >= 11 is 2.83. The first-order chi connectivity index (χ1) is 13.9. The van der Waals surface area contributed by atoms with Gasteiger partial charge in [0.1, 0.15) is 5.01 Å². The van der Waals surface area contributed by atoms with Gasteiger partial charge in [0.25, 0.3) is 5.56 Å². The van der Waals surface area contributed by atoms with Gasteiger partial charge in [-0.15, -0.1) is 11.3 Å². The van der Waals surface area contributed by atoms with Crippen molar-refractivity contribution < 1.29 is 9.53 Å². The monoisotopic (exact) mass is 429 g/mol. The maximum atomic E-state index is 12.9. The Balaban J connectivity index is 1.77. The number of thiazole rings is 1. The molecular weight excluding hydrogens is 406 g/mol. The molecule has 0 atom stereocenters. The lowest BCUT2D eigenvalue weighted by Crippen LogP contribution is -2.26. The Morgan fingerprint density at radius 2 is 2.00 bits per heavy atom. The first kappa shape index (κ1) is 21.3. The fourth-order valence-corrected chi connectivity index (χ4v) is 4.66. The first-order valence-electron chi connectivity index (χ1n) is 9.26. The van der Waals surface area contributed by atoms with Crippen molar-refractivity contribution in [2.45, 2.75) is 38.1 Å². The SMILES string of the molecule is CCOC(=O)c1csc(CSc2nc(C)c(Cc3ccccc3C)c(=O)n2C)n1. The highest BCUT2D eigenvalue weighted by atomic mass is 32.2. The Labute approximate surface area is 178 Å². The zero-order chi connectivity index (χ0) is 21.0. The molecule has 0 N–H and O–H groups in total. The number of nitrogens with zero attached hydrogens (tertiary/aromatic N) is 3. The third-order valence-electron chi connectivity index (χ3n) is 4.54. The van der Waals surface area contributed by atoms with E-state index in [1.165, 1.54) is 23.1 Å². The van der Waals surface area contributed by atoms with Crippen molar-refractivity contribution in [2.24, 2.45) is 7.05 Å². The number of benzene rings is 1. The van der Waals surface area contributed by atoms with Gasteiger partial charge in [0.2, 0.25) is 0 Å². The van der Waals surface area contributed by atoms with E-state index in [9.17, 15) is 9.59 Å². The number of carbonyl (C=O) groups excluding carboxylic acids is 1. The van der Waals surface area contributed by atoms with E-state index in [0.29, 0.717) is 35.2 Å². The predicted octanol–water partition coefficient (Wildman–Crippen LogP) is 3.91. The largest absolute Gasteiger partial charge is 0.461 e. The zero-order valence-electron chi connectivity index (χ0n) is 16.9. The summed E-state index contributed by atoms with van der Waals surface area (Å²) in [5.74, 6) is 0.114. The Morgan fingerprint density at radius 1 is 1.24 bits per heavy atom. The number of esters is 1. The number of rotatable bonds is 7. The maximum absolute atomic E-state index is 12.9. The average Bonchev–Trinajstić information content (AvgIpc) is 3.18. The van der Waals surface area contributed by atoms with Crippen LogP contribution in [0.25, 0.3) is 0 Å². The van der Waals surface area contributed by atoms with Crippen LogP contribution in [0.1, 0.15) is 44.8 Å². The topological polar surface area (TPSA) is 74.1 Å². The molecule has 0 aliphatic heterocycles. The summed E-state index contributed by atoms with van der Waals surface area (Å²) in [7, 11) is 1.74. The first-order valence-corrected chi connectivity index (χ1v) is 11.1. The van der Waals surface area contributed by atoms with Crippen LogP contribution in [-0.4, -0.2) is 27.1 Å². The second-order valence-corrected chi connectivity index (χ2v) is 8.45. The summed E-state index contributed by atoms with van der Waals surface area (Å²) in [6.45, 7) is 6.01. The summed E-state index contributed by atoms with van der Waals surface area (Å²) in [5.41, 5.74) is 4.03. The van der Waals surface area contributed by atoms with E-state index in [-0.39, 0.29) is 5.56 Å². The minimum atomic E-state index is -0.415. The third-order valence-corrected chi connectivity index (χ3v) is 6.61. The molecule has 8 heteroatoms. The molecule has 0 amide bonds. The van der Waals surface area contributed by atoms with Crippen molar-refractivity contribution in [3.05, 3.63) is 73.1 Å². The lowest BCUT2D eigenvalue weighted by atomic mass is 10.0. The van der Waals surface area contributed by atoms with Gasteiger partial charge >= 0.3 is 5.97 Å². The van der Waals surface area contributed by atoms with Gasteiger partial charge < -0.3 is 4.74 Å². The minimum absolute atomic E-state index is 0.0328. The Hall–Kier alpha value is -2.45. The average molecular weight is 430 g/mol. The Kier molecular flexibility index (Phi) is 6.87. The molecule has 0 saturated carbocycles. The van der Waals surface area contributed by atoms with Crippen molar-refractivity contribution in [2.75, 3.05) is 6.61 Å². The van der Waals surface area contributed by atoms with Crippen molar-refractivity contribution in [3.63, 3.8) is 0 Å². The normalized spacial score (nSPS) is 10.9. The van der Waals surface area contributed by atoms with Crippen LogP contribution in [0.15, 0.2) is 39.6 Å². The second-order valence-electron chi connectivity index (χ2n) is 6.56. The highest BCUT2D eigenvalue weighted by molar-refractivity contribution is 7.98. The number of aryl methyl sites for hydroxylation is 2. The van der Waals surface area contributed by atoms with Gasteiger partial charge in [0, 0.05) is 30.1 Å². The van der Waals surface area contributed by atoms with E-state index in [0.717, 1.165) is 21.8 Å². The van der Waals surface area contributed by atoms with E-state index in [1.54, 1.807) is 23.9 Å². The van der Waals surface area contributed by atoms with Crippen LogP contribution >= 0.6 is 23.1 Å². The van der Waals surface area contributed by atoms with Gasteiger partial charge in [0.05, 0.1) is 12.4 Å². The van der Waals surface area contributed by atoms with Crippen LogP contribution in [-0.2, 0) is 24.0 Å². The van der Waals surface area contributed by atoms with Crippen molar-refractivity contribution in [1.29, 1.82) is 0 Å². The molecule has 2 aromatic heterocycles. The van der Waals surface area contributed by atoms with Gasteiger partial charge in [-0.2, -0.15) is 0 Å². The number of carbonyl (C=O) groups is 1. The molecule has 0 radical (unpaired) electrons. The predicted molar refractivity (Wildman–Crippen MR) is 116 cm³/mol. The lowest BCUT2D eigenvalue weighted by molar-refractivity contribution is 0.0520. The molecule has 3 rings (SSSR count). The summed E-state index contributed by atoms with van der Waals surface area (Å²) in [6.07, 6.45) is 0.568. The van der Waals surface area contributed by atoms with Crippen LogP contribution in [0.2, 0.25) is 0 Å². The van der Waals surface area contributed by atoms with Gasteiger partial charge in [-0.3, -0.25) is 9.36 Å². The fourth-order valence-electron chi connectivity index (χ4n) is 2.86. The molecule has 6 nitrogen and oxygen atoms in total. The van der Waals surface area contributed by atoms with E-state index >= 15 is 0 Å². The number of hydrogen-bond acceptors (Lipinski definition) is 7. The highest BCUT2D eigenvalue weighted by Crippen LogP contribution is 2.23. The maximum Gasteiger partial charge on any atom is 0.357 e. The van der Waals surface area contributed by atoms with Crippen molar-refractivity contribution in [1.82, 2.24) is 14.5 Å². The molecule has 1 aromatic carbocycles. The quantitative estimate of drug-likeness (QED) is 0.322. The second kappa shape index (κ2) is 9.37. The summed E-state index contributed by atoms with van der Waals surface area (Å²) in [6, 6.07) is 8.07. The molecule has 3 aromatic rings. The summed E-state index contributed by atoms with van der Waals surface area (Å²) in [5, 5.41) is 3.11. The van der Waals surface area contributed by atoms with E-state index in [2.05, 4.69) is 9.97 Å². The molecular formula is C21H23N3O3S2. The lowest BCUT2D eigenvalue weighted by Gasteiger charge is -2.12. The van der Waals surface area contributed by atoms with Gasteiger partial charge in [-0.1, -0.05) is 36.0 Å². The Morgan fingerprint density at radius 3 is 2.72 bits per heavy atom. The smallest absolute Gasteiger partial charge is 0.357 e. The van der Waals surface area contributed by atoms with E-state index in [4.69, 9.17) is 4.74 Å². The van der Waals surface area contributed by atoms with Crippen LogP contribution in [0, 0.1) is 13.8 Å². The van der Waals surface area contributed by atoms with Crippen LogP contribution in [0.3, 0.4) is 0 Å². The van der Waals surface area contributed by atoms with E-state index in [1.807, 2.05) is 38.1 Å². The van der Waals surface area contributed by atoms with Crippen LogP contribution in [0.4, 0.5) is 0 Å². The molecule has 0 aliphatic rings. The summed E-state index contributed by atoms with van der Waals surface area (Å²) < 4.78 is 6.55. The number of thioether (sulfide) groups is 1. The van der Waals surface area contributed by atoms with Gasteiger partial charge in [-0.05, 0) is 31.9 Å². The molecule has 2 heterocycles.